The number of hydrazone groups is 1. The first-order valence-electron chi connectivity index (χ1n) is 14.7. The zero-order valence-electron chi connectivity index (χ0n) is 25.6. The van der Waals surface area contributed by atoms with E-state index in [-0.39, 0.29) is 17.1 Å². The predicted molar refractivity (Wildman–Crippen MR) is 171 cm³/mol. The number of pyridine rings is 1. The molecule has 13 heteroatoms. The summed E-state index contributed by atoms with van der Waals surface area (Å²) in [7, 11) is -1.75. The van der Waals surface area contributed by atoms with Gasteiger partial charge in [0, 0.05) is 43.5 Å². The molecule has 1 saturated heterocycles. The third kappa shape index (κ3) is 8.77. The topological polar surface area (TPSA) is 129 Å². The zero-order chi connectivity index (χ0) is 32.5. The molecule has 1 amide bonds. The number of nitrogens with one attached hydrogen (secondary N) is 1. The van der Waals surface area contributed by atoms with Gasteiger partial charge in [-0.15, -0.1) is 0 Å². The highest BCUT2D eigenvalue weighted by atomic mass is 32.2. The van der Waals surface area contributed by atoms with E-state index in [1.165, 1.54) is 30.5 Å². The number of morpholine rings is 1. The minimum Gasteiger partial charge on any atom is -0.493 e. The number of ether oxygens (including phenoxy) is 4. The largest absolute Gasteiger partial charge is 0.493 e. The monoisotopic (exact) mass is 650 g/mol. The number of sulfone groups is 1. The van der Waals surface area contributed by atoms with Crippen LogP contribution in [0.4, 0.5) is 4.39 Å². The number of benzene rings is 3. The summed E-state index contributed by atoms with van der Waals surface area (Å²) in [5.41, 5.74) is 4.01. The van der Waals surface area contributed by atoms with Crippen molar-refractivity contribution in [2.75, 3.05) is 52.8 Å². The summed E-state index contributed by atoms with van der Waals surface area (Å²) >= 11 is 0. The molecule has 1 aliphatic heterocycles. The molecule has 0 bridgehead atoms. The van der Waals surface area contributed by atoms with E-state index in [4.69, 9.17) is 18.9 Å². The predicted octanol–water partition coefficient (Wildman–Crippen LogP) is 4.37. The molecule has 0 spiro atoms. The molecule has 3 aromatic carbocycles. The van der Waals surface area contributed by atoms with Gasteiger partial charge in [-0.25, -0.2) is 18.2 Å². The van der Waals surface area contributed by atoms with Gasteiger partial charge in [0.05, 0.1) is 50.0 Å². The van der Waals surface area contributed by atoms with Crippen LogP contribution in [-0.4, -0.2) is 83.2 Å². The molecule has 1 aliphatic rings. The Bertz CT molecular complexity index is 1810. The third-order valence-electron chi connectivity index (χ3n) is 7.26. The zero-order valence-corrected chi connectivity index (χ0v) is 26.4. The number of nitrogens with zero attached hydrogens (tertiary/aromatic N) is 3. The highest BCUT2D eigenvalue weighted by Gasteiger charge is 2.15. The van der Waals surface area contributed by atoms with Crippen molar-refractivity contribution in [1.82, 2.24) is 15.3 Å². The Kier molecular flexibility index (Phi) is 10.8. The summed E-state index contributed by atoms with van der Waals surface area (Å²) in [5.74, 6) is 0.331. The van der Waals surface area contributed by atoms with Gasteiger partial charge in [-0.2, -0.15) is 5.10 Å². The Labute approximate surface area is 266 Å². The maximum absolute atomic E-state index is 15.1. The van der Waals surface area contributed by atoms with Gasteiger partial charge < -0.3 is 18.9 Å². The lowest BCUT2D eigenvalue weighted by atomic mass is 10.1. The van der Waals surface area contributed by atoms with Crippen molar-refractivity contribution in [3.8, 4) is 23.0 Å². The minimum absolute atomic E-state index is 0.0189. The van der Waals surface area contributed by atoms with Gasteiger partial charge in [-0.3, -0.25) is 14.7 Å². The van der Waals surface area contributed by atoms with Crippen molar-refractivity contribution in [1.29, 1.82) is 0 Å². The number of rotatable bonds is 13. The highest BCUT2D eigenvalue weighted by Crippen LogP contribution is 2.37. The molecule has 0 atom stereocenters. The van der Waals surface area contributed by atoms with Crippen LogP contribution in [0.5, 0.6) is 23.0 Å². The summed E-state index contributed by atoms with van der Waals surface area (Å²) in [6.07, 6.45) is 4.82. The first-order chi connectivity index (χ1) is 22.2. The van der Waals surface area contributed by atoms with Crippen LogP contribution in [0.25, 0.3) is 10.9 Å². The number of aromatic nitrogens is 1. The van der Waals surface area contributed by atoms with Crippen molar-refractivity contribution in [3.63, 3.8) is 0 Å². The molecule has 242 valence electrons. The van der Waals surface area contributed by atoms with Gasteiger partial charge in [0.15, 0.2) is 32.9 Å². The number of carbonyl (C=O) groups excluding carboxylic acids is 1. The number of hydrogen-bond acceptors (Lipinski definition) is 10. The number of hydrogen-bond donors (Lipinski definition) is 1. The van der Waals surface area contributed by atoms with Crippen LogP contribution in [-0.2, 0) is 25.8 Å². The molecule has 4 aromatic rings. The van der Waals surface area contributed by atoms with Crippen molar-refractivity contribution in [2.24, 2.45) is 5.10 Å². The lowest BCUT2D eigenvalue weighted by molar-refractivity contribution is -0.120. The number of halogens is 1. The molecule has 0 radical (unpaired) electrons. The smallest absolute Gasteiger partial charge is 0.244 e. The number of methoxy groups -OCH3 is 1. The molecule has 1 aromatic heterocycles. The lowest BCUT2D eigenvalue weighted by Crippen LogP contribution is -2.37. The van der Waals surface area contributed by atoms with E-state index in [2.05, 4.69) is 20.4 Å². The fourth-order valence-electron chi connectivity index (χ4n) is 4.85. The average molecular weight is 651 g/mol. The fraction of sp³-hybridized carbons (Fsp3) is 0.303. The van der Waals surface area contributed by atoms with Crippen LogP contribution in [0, 0.1) is 5.82 Å². The van der Waals surface area contributed by atoms with Crippen LogP contribution in [0.15, 0.2) is 76.9 Å². The van der Waals surface area contributed by atoms with Crippen LogP contribution < -0.4 is 19.6 Å². The number of carbonyl (C=O) groups is 1. The van der Waals surface area contributed by atoms with E-state index in [9.17, 15) is 13.2 Å². The quantitative estimate of drug-likeness (QED) is 0.127. The summed E-state index contributed by atoms with van der Waals surface area (Å²) in [4.78, 5) is 19.3. The van der Waals surface area contributed by atoms with Crippen LogP contribution in [0.3, 0.4) is 0 Å². The Morgan fingerprint density at radius 1 is 1.04 bits per heavy atom. The molecular weight excluding hydrogens is 615 g/mol. The van der Waals surface area contributed by atoms with E-state index in [1.807, 2.05) is 0 Å². The van der Waals surface area contributed by atoms with E-state index >= 15 is 4.39 Å². The van der Waals surface area contributed by atoms with Crippen LogP contribution >= 0.6 is 0 Å². The van der Waals surface area contributed by atoms with Crippen LogP contribution in [0.1, 0.15) is 17.5 Å². The minimum atomic E-state index is -3.30. The van der Waals surface area contributed by atoms with Crippen molar-refractivity contribution in [2.45, 2.75) is 17.7 Å². The second kappa shape index (κ2) is 15.1. The summed E-state index contributed by atoms with van der Waals surface area (Å²) in [6.45, 7) is 4.80. The van der Waals surface area contributed by atoms with Gasteiger partial charge in [0.2, 0.25) is 5.91 Å². The SMILES string of the molecule is COc1cc2c(Oc3ccc(CC(=O)N/N=C/c4ccc(S(C)(=O)=O)cc4)cc3F)ccnc2cc1OCCCN1CCOCC1. The molecule has 1 N–H and O–H groups in total. The van der Waals surface area contributed by atoms with E-state index in [0.717, 1.165) is 45.5 Å². The van der Waals surface area contributed by atoms with E-state index in [0.29, 0.717) is 45.9 Å². The Morgan fingerprint density at radius 2 is 1.83 bits per heavy atom. The standard InChI is InChI=1S/C33H35FN4O7S/c1-42-31-20-26-28(21-32(31)44-15-3-12-38-13-16-43-17-14-38)35-11-10-29(26)45-30-9-6-24(18-27(30)34)19-33(39)37-36-22-23-4-7-25(8-5-23)46(2,40)41/h4-11,18,20-22H,3,12-17,19H2,1-2H3,(H,37,39)/b36-22+. The first-order valence-corrected chi connectivity index (χ1v) is 16.6. The van der Waals surface area contributed by atoms with Crippen molar-refractivity contribution >= 4 is 32.9 Å². The van der Waals surface area contributed by atoms with Crippen molar-refractivity contribution < 1.29 is 36.6 Å². The van der Waals surface area contributed by atoms with Gasteiger partial charge >= 0.3 is 0 Å². The second-order valence-corrected chi connectivity index (χ2v) is 12.7. The van der Waals surface area contributed by atoms with Gasteiger partial charge in [-0.05, 0) is 53.9 Å². The molecule has 0 unspecified atom stereocenters. The second-order valence-electron chi connectivity index (χ2n) is 10.7. The Morgan fingerprint density at radius 3 is 2.54 bits per heavy atom. The van der Waals surface area contributed by atoms with Gasteiger partial charge in [0.1, 0.15) is 5.75 Å². The molecule has 0 saturated carbocycles. The summed E-state index contributed by atoms with van der Waals surface area (Å²) in [6, 6.07) is 15.5. The van der Waals surface area contributed by atoms with E-state index < -0.39 is 21.6 Å². The molecular formula is C33H35FN4O7S. The van der Waals surface area contributed by atoms with E-state index in [1.54, 1.807) is 49.7 Å². The van der Waals surface area contributed by atoms with Gasteiger partial charge in [0.25, 0.3) is 0 Å². The highest BCUT2D eigenvalue weighted by molar-refractivity contribution is 7.90. The summed E-state index contributed by atoms with van der Waals surface area (Å²) < 4.78 is 61.2. The molecule has 0 aliphatic carbocycles. The Hall–Kier alpha value is -4.59. The number of amides is 1. The average Bonchev–Trinajstić information content (AvgIpc) is 3.04. The van der Waals surface area contributed by atoms with Gasteiger partial charge in [-0.1, -0.05) is 18.2 Å². The summed E-state index contributed by atoms with van der Waals surface area (Å²) in [5, 5.41) is 4.51. The molecule has 11 nitrogen and oxygen atoms in total. The lowest BCUT2D eigenvalue weighted by Gasteiger charge is -2.26. The molecule has 2 heterocycles. The number of fused-ring (bicyclic) bond motifs is 1. The first kappa shape index (κ1) is 32.8. The van der Waals surface area contributed by atoms with Crippen LogP contribution in [0.2, 0.25) is 0 Å². The maximum Gasteiger partial charge on any atom is 0.244 e. The molecule has 5 rings (SSSR count). The molecule has 46 heavy (non-hydrogen) atoms. The fourth-order valence-corrected chi connectivity index (χ4v) is 5.48. The Balaban J connectivity index is 1.19. The third-order valence-corrected chi connectivity index (χ3v) is 8.39. The maximum atomic E-state index is 15.1. The van der Waals surface area contributed by atoms with Crippen molar-refractivity contribution in [3.05, 3.63) is 83.8 Å². The molecule has 1 fully saturated rings. The normalized spacial score (nSPS) is 14.0.